The van der Waals surface area contributed by atoms with Crippen molar-refractivity contribution >= 4 is 29.7 Å². The van der Waals surface area contributed by atoms with E-state index in [2.05, 4.69) is 22.8 Å². The summed E-state index contributed by atoms with van der Waals surface area (Å²) in [5.74, 6) is -1.08. The number of ether oxygens (including phenoxy) is 2. The van der Waals surface area contributed by atoms with Gasteiger partial charge < -0.3 is 25.2 Å². The van der Waals surface area contributed by atoms with E-state index >= 15 is 0 Å². The van der Waals surface area contributed by atoms with Gasteiger partial charge in [0.05, 0.1) is 0 Å². The van der Waals surface area contributed by atoms with E-state index in [9.17, 15) is 19.5 Å². The molecular weight excluding hydrogens is 468 g/mol. The van der Waals surface area contributed by atoms with E-state index in [0.29, 0.717) is 25.2 Å². The SMILES string of the molecule is CSCCC(NC(=O)OCC1c2ccccc2-c2ccccc21)C(=O)NC[C@H]1CCO[C@H]1C(=O)O. The number of hydrogen-bond donors (Lipinski definition) is 3. The van der Waals surface area contributed by atoms with Gasteiger partial charge in [-0.15, -0.1) is 0 Å². The molecule has 1 fully saturated rings. The molecule has 0 bridgehead atoms. The van der Waals surface area contributed by atoms with E-state index < -0.39 is 24.2 Å². The zero-order valence-electron chi connectivity index (χ0n) is 19.6. The first kappa shape index (κ1) is 25.1. The van der Waals surface area contributed by atoms with Crippen molar-refractivity contribution in [3.63, 3.8) is 0 Å². The first-order valence-electron chi connectivity index (χ1n) is 11.7. The molecule has 4 rings (SSSR count). The molecule has 1 unspecified atom stereocenters. The Bertz CT molecular complexity index is 1030. The van der Waals surface area contributed by atoms with Gasteiger partial charge in [-0.05, 0) is 47.1 Å². The van der Waals surface area contributed by atoms with Crippen LogP contribution >= 0.6 is 11.8 Å². The third-order valence-corrected chi connectivity index (χ3v) is 7.20. The number of benzene rings is 2. The van der Waals surface area contributed by atoms with Gasteiger partial charge in [0, 0.05) is 25.0 Å². The van der Waals surface area contributed by atoms with Gasteiger partial charge in [0.1, 0.15) is 12.6 Å². The Balaban J connectivity index is 1.35. The van der Waals surface area contributed by atoms with Crippen LogP contribution < -0.4 is 10.6 Å². The van der Waals surface area contributed by atoms with Crippen molar-refractivity contribution in [2.75, 3.05) is 31.8 Å². The lowest BCUT2D eigenvalue weighted by Crippen LogP contribution is -2.49. The summed E-state index contributed by atoms with van der Waals surface area (Å²) in [7, 11) is 0. The van der Waals surface area contributed by atoms with Gasteiger partial charge in [0.2, 0.25) is 5.91 Å². The number of carboxylic acids is 1. The quantitative estimate of drug-likeness (QED) is 0.461. The van der Waals surface area contributed by atoms with Crippen LogP contribution in [0.3, 0.4) is 0 Å². The normalized spacial score (nSPS) is 19.5. The number of thioether (sulfide) groups is 1. The highest BCUT2D eigenvalue weighted by atomic mass is 32.2. The minimum atomic E-state index is -1.03. The summed E-state index contributed by atoms with van der Waals surface area (Å²) in [6, 6.07) is 15.4. The van der Waals surface area contributed by atoms with Crippen molar-refractivity contribution in [1.82, 2.24) is 10.6 Å². The van der Waals surface area contributed by atoms with Gasteiger partial charge in [0.25, 0.3) is 0 Å². The smallest absolute Gasteiger partial charge is 0.407 e. The van der Waals surface area contributed by atoms with E-state index in [-0.39, 0.29) is 30.9 Å². The maximum Gasteiger partial charge on any atom is 0.407 e. The van der Waals surface area contributed by atoms with Crippen LogP contribution in [0, 0.1) is 5.92 Å². The number of hydrogen-bond acceptors (Lipinski definition) is 6. The average Bonchev–Trinajstić information content (AvgIpc) is 3.47. The number of rotatable bonds is 10. The fourth-order valence-corrected chi connectivity index (χ4v) is 5.23. The number of nitrogens with one attached hydrogen (secondary N) is 2. The van der Waals surface area contributed by atoms with Crippen molar-refractivity contribution < 1.29 is 29.0 Å². The Morgan fingerprint density at radius 2 is 1.77 bits per heavy atom. The molecule has 0 saturated carbocycles. The fraction of sp³-hybridized carbons (Fsp3) is 0.423. The summed E-state index contributed by atoms with van der Waals surface area (Å²) < 4.78 is 10.8. The number of fused-ring (bicyclic) bond motifs is 3. The molecular formula is C26H30N2O6S. The van der Waals surface area contributed by atoms with Crippen molar-refractivity contribution in [3.05, 3.63) is 59.7 Å². The second-order valence-corrected chi connectivity index (χ2v) is 9.71. The van der Waals surface area contributed by atoms with Gasteiger partial charge in [0.15, 0.2) is 6.10 Å². The predicted molar refractivity (Wildman–Crippen MR) is 133 cm³/mol. The largest absolute Gasteiger partial charge is 0.479 e. The number of aliphatic carboxylic acids is 1. The number of carboxylic acid groups (broad SMARTS) is 1. The monoisotopic (exact) mass is 498 g/mol. The molecule has 2 aromatic carbocycles. The zero-order chi connectivity index (χ0) is 24.8. The van der Waals surface area contributed by atoms with Crippen LogP contribution in [0.1, 0.15) is 29.9 Å². The van der Waals surface area contributed by atoms with Crippen molar-refractivity contribution in [3.8, 4) is 11.1 Å². The molecule has 0 spiro atoms. The molecule has 3 atom stereocenters. The highest BCUT2D eigenvalue weighted by molar-refractivity contribution is 7.98. The Kier molecular flexibility index (Phi) is 8.30. The maximum atomic E-state index is 12.8. The minimum Gasteiger partial charge on any atom is -0.479 e. The van der Waals surface area contributed by atoms with Gasteiger partial charge in [-0.3, -0.25) is 4.79 Å². The maximum absolute atomic E-state index is 12.8. The molecule has 2 amide bonds. The number of carbonyl (C=O) groups is 3. The van der Waals surface area contributed by atoms with E-state index in [4.69, 9.17) is 9.47 Å². The first-order chi connectivity index (χ1) is 17.0. The third kappa shape index (κ3) is 5.79. The van der Waals surface area contributed by atoms with Crippen molar-refractivity contribution in [1.29, 1.82) is 0 Å². The van der Waals surface area contributed by atoms with Crippen molar-refractivity contribution in [2.45, 2.75) is 30.9 Å². The van der Waals surface area contributed by atoms with Crippen LogP contribution in [-0.2, 0) is 19.1 Å². The number of alkyl carbamates (subject to hydrolysis) is 1. The van der Waals surface area contributed by atoms with Gasteiger partial charge in [-0.2, -0.15) is 11.8 Å². The van der Waals surface area contributed by atoms with Crippen LogP contribution in [0.25, 0.3) is 11.1 Å². The van der Waals surface area contributed by atoms with Crippen LogP contribution in [0.5, 0.6) is 0 Å². The van der Waals surface area contributed by atoms with Crippen LogP contribution in [0.15, 0.2) is 48.5 Å². The summed E-state index contributed by atoms with van der Waals surface area (Å²) in [6.07, 6.45) is 1.35. The van der Waals surface area contributed by atoms with E-state index in [1.807, 2.05) is 42.7 Å². The molecule has 35 heavy (non-hydrogen) atoms. The topological polar surface area (TPSA) is 114 Å². The second kappa shape index (κ2) is 11.6. The number of amides is 2. The Morgan fingerprint density at radius 1 is 1.11 bits per heavy atom. The molecule has 0 aromatic heterocycles. The van der Waals surface area contributed by atoms with E-state index in [1.54, 1.807) is 11.8 Å². The lowest BCUT2D eigenvalue weighted by Gasteiger charge is -2.21. The first-order valence-corrected chi connectivity index (χ1v) is 13.1. The lowest BCUT2D eigenvalue weighted by molar-refractivity contribution is -0.149. The summed E-state index contributed by atoms with van der Waals surface area (Å²) in [5, 5.41) is 14.7. The van der Waals surface area contributed by atoms with Crippen LogP contribution in [0.2, 0.25) is 0 Å². The van der Waals surface area contributed by atoms with E-state index in [0.717, 1.165) is 22.3 Å². The third-order valence-electron chi connectivity index (χ3n) is 6.56. The fourth-order valence-electron chi connectivity index (χ4n) is 4.76. The predicted octanol–water partition coefficient (Wildman–Crippen LogP) is 3.25. The molecule has 1 heterocycles. The standard InChI is InChI=1S/C26H30N2O6S/c1-35-13-11-22(24(29)27-14-16-10-12-33-23(16)25(30)31)28-26(32)34-15-21-19-8-4-2-6-17(19)18-7-3-5-9-20(18)21/h2-9,16,21-23H,10-15H2,1H3,(H,27,29)(H,28,32)(H,30,31)/t16-,22?,23-/m1/s1. The Hall–Kier alpha value is -3.04. The summed E-state index contributed by atoms with van der Waals surface area (Å²) in [5.41, 5.74) is 4.52. The van der Waals surface area contributed by atoms with Crippen molar-refractivity contribution in [2.24, 2.45) is 5.92 Å². The molecule has 186 valence electrons. The molecule has 8 nitrogen and oxygen atoms in total. The highest BCUT2D eigenvalue weighted by Crippen LogP contribution is 2.44. The number of carbonyl (C=O) groups excluding carboxylic acids is 2. The van der Waals surface area contributed by atoms with Gasteiger partial charge in [-0.1, -0.05) is 48.5 Å². The molecule has 0 radical (unpaired) electrons. The Morgan fingerprint density at radius 3 is 2.40 bits per heavy atom. The minimum absolute atomic E-state index is 0.0676. The Labute approximate surface area is 208 Å². The molecule has 1 saturated heterocycles. The molecule has 1 aliphatic carbocycles. The van der Waals surface area contributed by atoms with Crippen LogP contribution in [0.4, 0.5) is 4.79 Å². The molecule has 3 N–H and O–H groups in total. The summed E-state index contributed by atoms with van der Waals surface area (Å²) in [6.45, 7) is 0.694. The molecule has 1 aliphatic heterocycles. The van der Waals surface area contributed by atoms with Gasteiger partial charge >= 0.3 is 12.1 Å². The summed E-state index contributed by atoms with van der Waals surface area (Å²) >= 11 is 1.57. The van der Waals surface area contributed by atoms with Crippen LogP contribution in [-0.4, -0.2) is 67.0 Å². The highest BCUT2D eigenvalue weighted by Gasteiger charge is 2.35. The lowest BCUT2D eigenvalue weighted by atomic mass is 9.98. The second-order valence-electron chi connectivity index (χ2n) is 8.73. The van der Waals surface area contributed by atoms with Gasteiger partial charge in [-0.25, -0.2) is 9.59 Å². The molecule has 2 aromatic rings. The molecule has 9 heteroatoms. The molecule has 2 aliphatic rings. The summed E-state index contributed by atoms with van der Waals surface area (Å²) in [4.78, 5) is 36.8. The van der Waals surface area contributed by atoms with E-state index in [1.165, 1.54) is 0 Å². The zero-order valence-corrected chi connectivity index (χ0v) is 20.4. The average molecular weight is 499 g/mol.